The van der Waals surface area contributed by atoms with E-state index in [1.165, 1.54) is 16.7 Å². The molecule has 0 aliphatic carbocycles. The zero-order valence-corrected chi connectivity index (χ0v) is 15.4. The van der Waals surface area contributed by atoms with E-state index in [0.717, 1.165) is 34.1 Å². The second-order valence-electron chi connectivity index (χ2n) is 5.44. The average molecular weight is 427 g/mol. The standard InChI is InChI=1S/C17H17Br2NO2/c1-22-17-14(18)6-10(7-15(17)19)8-16-13-3-2-12(21)9-11(13)4-5-20-16/h2-3,6-7,9,16,20-21H,4-5,8H2,1H3. The van der Waals surface area contributed by atoms with Crippen LogP contribution in [0.2, 0.25) is 0 Å². The number of benzene rings is 2. The van der Waals surface area contributed by atoms with Gasteiger partial charge in [-0.25, -0.2) is 0 Å². The molecule has 2 N–H and O–H groups in total. The van der Waals surface area contributed by atoms with Crippen molar-refractivity contribution in [3.05, 3.63) is 56.0 Å². The fourth-order valence-corrected chi connectivity index (χ4v) is 4.59. The molecule has 1 aliphatic heterocycles. The number of phenolic OH excluding ortho intramolecular Hbond substituents is 1. The number of aromatic hydroxyl groups is 1. The number of fused-ring (bicyclic) bond motifs is 1. The molecule has 5 heteroatoms. The van der Waals surface area contributed by atoms with Gasteiger partial charge in [0.25, 0.3) is 0 Å². The molecule has 0 spiro atoms. The number of hydrogen-bond donors (Lipinski definition) is 2. The van der Waals surface area contributed by atoms with Crippen LogP contribution in [0.1, 0.15) is 22.7 Å². The Morgan fingerprint density at radius 3 is 2.64 bits per heavy atom. The summed E-state index contributed by atoms with van der Waals surface area (Å²) in [4.78, 5) is 0. The quantitative estimate of drug-likeness (QED) is 0.766. The summed E-state index contributed by atoms with van der Waals surface area (Å²) in [5, 5.41) is 13.2. The van der Waals surface area contributed by atoms with Gasteiger partial charge in [0.2, 0.25) is 0 Å². The molecule has 1 aliphatic rings. The number of phenols is 1. The van der Waals surface area contributed by atoms with Crippen LogP contribution >= 0.6 is 31.9 Å². The van der Waals surface area contributed by atoms with Crippen molar-refractivity contribution in [1.29, 1.82) is 0 Å². The molecule has 1 atom stereocenters. The predicted octanol–water partition coefficient (Wildman–Crippen LogP) is 4.36. The monoisotopic (exact) mass is 425 g/mol. The molecule has 0 aromatic heterocycles. The van der Waals surface area contributed by atoms with Gasteiger partial charge in [0, 0.05) is 6.04 Å². The van der Waals surface area contributed by atoms with Crippen LogP contribution in [0.25, 0.3) is 0 Å². The Hall–Kier alpha value is -1.04. The van der Waals surface area contributed by atoms with Crippen molar-refractivity contribution in [3.63, 3.8) is 0 Å². The van der Waals surface area contributed by atoms with Crippen molar-refractivity contribution in [1.82, 2.24) is 5.32 Å². The van der Waals surface area contributed by atoms with Crippen LogP contribution in [0.3, 0.4) is 0 Å². The third-order valence-electron chi connectivity index (χ3n) is 3.99. The molecule has 0 fully saturated rings. The van der Waals surface area contributed by atoms with E-state index < -0.39 is 0 Å². The Morgan fingerprint density at radius 1 is 1.23 bits per heavy atom. The lowest BCUT2D eigenvalue weighted by molar-refractivity contribution is 0.409. The van der Waals surface area contributed by atoms with Crippen molar-refractivity contribution >= 4 is 31.9 Å². The second-order valence-corrected chi connectivity index (χ2v) is 7.15. The fraction of sp³-hybridized carbons (Fsp3) is 0.294. The van der Waals surface area contributed by atoms with Gasteiger partial charge in [0.15, 0.2) is 0 Å². The first-order valence-corrected chi connectivity index (χ1v) is 8.74. The van der Waals surface area contributed by atoms with Crippen molar-refractivity contribution in [2.24, 2.45) is 0 Å². The van der Waals surface area contributed by atoms with E-state index in [1.54, 1.807) is 13.2 Å². The van der Waals surface area contributed by atoms with E-state index in [2.05, 4.69) is 49.3 Å². The maximum Gasteiger partial charge on any atom is 0.147 e. The third-order valence-corrected chi connectivity index (χ3v) is 5.17. The van der Waals surface area contributed by atoms with E-state index in [0.29, 0.717) is 5.75 Å². The molecular weight excluding hydrogens is 410 g/mol. The maximum absolute atomic E-state index is 9.65. The molecule has 0 bridgehead atoms. The van der Waals surface area contributed by atoms with Gasteiger partial charge in [0.1, 0.15) is 11.5 Å². The number of halogens is 2. The molecule has 2 aromatic rings. The Bertz CT molecular complexity index is 680. The van der Waals surface area contributed by atoms with Crippen LogP contribution < -0.4 is 10.1 Å². The number of rotatable bonds is 3. The van der Waals surface area contributed by atoms with Gasteiger partial charge >= 0.3 is 0 Å². The Labute approximate surface area is 147 Å². The lowest BCUT2D eigenvalue weighted by atomic mass is 9.90. The van der Waals surface area contributed by atoms with E-state index in [-0.39, 0.29) is 6.04 Å². The van der Waals surface area contributed by atoms with Gasteiger partial charge < -0.3 is 15.2 Å². The molecule has 2 aromatic carbocycles. The molecule has 1 unspecified atom stereocenters. The predicted molar refractivity (Wildman–Crippen MR) is 94.7 cm³/mol. The van der Waals surface area contributed by atoms with E-state index in [9.17, 15) is 5.11 Å². The van der Waals surface area contributed by atoms with Crippen LogP contribution in [0, 0.1) is 0 Å². The minimum absolute atomic E-state index is 0.261. The molecule has 116 valence electrons. The SMILES string of the molecule is COc1c(Br)cc(CC2NCCc3cc(O)ccc32)cc1Br. The molecule has 3 rings (SSSR count). The normalized spacial score (nSPS) is 17.1. The average Bonchev–Trinajstić information content (AvgIpc) is 2.47. The van der Waals surface area contributed by atoms with Crippen molar-refractivity contribution in [3.8, 4) is 11.5 Å². The van der Waals surface area contributed by atoms with Crippen molar-refractivity contribution in [2.75, 3.05) is 13.7 Å². The van der Waals surface area contributed by atoms with E-state index in [4.69, 9.17) is 4.74 Å². The molecule has 22 heavy (non-hydrogen) atoms. The Balaban J connectivity index is 1.89. The topological polar surface area (TPSA) is 41.5 Å². The number of methoxy groups -OCH3 is 1. The zero-order chi connectivity index (χ0) is 15.7. The van der Waals surface area contributed by atoms with Gasteiger partial charge in [-0.1, -0.05) is 6.07 Å². The van der Waals surface area contributed by atoms with Crippen LogP contribution in [0.15, 0.2) is 39.3 Å². The smallest absolute Gasteiger partial charge is 0.147 e. The second kappa shape index (κ2) is 6.60. The van der Waals surface area contributed by atoms with E-state index >= 15 is 0 Å². The van der Waals surface area contributed by atoms with E-state index in [1.807, 2.05) is 12.1 Å². The zero-order valence-electron chi connectivity index (χ0n) is 12.2. The highest BCUT2D eigenvalue weighted by Crippen LogP contribution is 2.36. The molecule has 3 nitrogen and oxygen atoms in total. The first-order chi connectivity index (χ1) is 10.6. The van der Waals surface area contributed by atoms with Crippen LogP contribution in [-0.2, 0) is 12.8 Å². The van der Waals surface area contributed by atoms with Gasteiger partial charge in [-0.2, -0.15) is 0 Å². The Kier molecular flexibility index (Phi) is 4.76. The number of ether oxygens (including phenoxy) is 1. The molecule has 0 saturated heterocycles. The lowest BCUT2D eigenvalue weighted by Crippen LogP contribution is -2.31. The minimum Gasteiger partial charge on any atom is -0.508 e. The van der Waals surface area contributed by atoms with Gasteiger partial charge in [-0.05, 0) is 92.2 Å². The van der Waals surface area contributed by atoms with Gasteiger partial charge in [-0.3, -0.25) is 0 Å². The summed E-state index contributed by atoms with van der Waals surface area (Å²) in [7, 11) is 1.66. The first-order valence-electron chi connectivity index (χ1n) is 7.15. The van der Waals surface area contributed by atoms with Crippen molar-refractivity contribution in [2.45, 2.75) is 18.9 Å². The lowest BCUT2D eigenvalue weighted by Gasteiger charge is -2.27. The maximum atomic E-state index is 9.65. The molecule has 0 radical (unpaired) electrons. The molecular formula is C17H17Br2NO2. The van der Waals surface area contributed by atoms with Crippen LogP contribution in [0.5, 0.6) is 11.5 Å². The summed E-state index contributed by atoms with van der Waals surface area (Å²) in [6.45, 7) is 0.930. The third kappa shape index (κ3) is 3.16. The summed E-state index contributed by atoms with van der Waals surface area (Å²) < 4.78 is 7.24. The number of nitrogens with one attached hydrogen (secondary N) is 1. The summed E-state index contributed by atoms with van der Waals surface area (Å²) in [6, 6.07) is 10.1. The summed E-state index contributed by atoms with van der Waals surface area (Å²) in [5.41, 5.74) is 3.72. The largest absolute Gasteiger partial charge is 0.508 e. The highest BCUT2D eigenvalue weighted by atomic mass is 79.9. The van der Waals surface area contributed by atoms with Crippen LogP contribution in [-0.4, -0.2) is 18.8 Å². The Morgan fingerprint density at radius 2 is 1.95 bits per heavy atom. The highest BCUT2D eigenvalue weighted by Gasteiger charge is 2.21. The summed E-state index contributed by atoms with van der Waals surface area (Å²) in [5.74, 6) is 1.15. The van der Waals surface area contributed by atoms with Crippen molar-refractivity contribution < 1.29 is 9.84 Å². The molecule has 1 heterocycles. The summed E-state index contributed by atoms with van der Waals surface area (Å²) >= 11 is 7.11. The molecule has 0 saturated carbocycles. The molecule has 0 amide bonds. The van der Waals surface area contributed by atoms with Gasteiger partial charge in [-0.15, -0.1) is 0 Å². The summed E-state index contributed by atoms with van der Waals surface area (Å²) in [6.07, 6.45) is 1.84. The van der Waals surface area contributed by atoms with Crippen LogP contribution in [0.4, 0.5) is 0 Å². The fourth-order valence-electron chi connectivity index (χ4n) is 2.98. The highest BCUT2D eigenvalue weighted by molar-refractivity contribution is 9.11. The first kappa shape index (κ1) is 15.8. The minimum atomic E-state index is 0.261. The number of hydrogen-bond acceptors (Lipinski definition) is 3. The van der Waals surface area contributed by atoms with Gasteiger partial charge in [0.05, 0.1) is 16.1 Å².